The van der Waals surface area contributed by atoms with Crippen molar-refractivity contribution < 1.29 is 28.5 Å². The van der Waals surface area contributed by atoms with Gasteiger partial charge in [0.25, 0.3) is 5.01 Å². The van der Waals surface area contributed by atoms with Crippen molar-refractivity contribution in [3.8, 4) is 0 Å². The van der Waals surface area contributed by atoms with Gasteiger partial charge in [-0.15, -0.1) is 0 Å². The van der Waals surface area contributed by atoms with Crippen molar-refractivity contribution in [3.05, 3.63) is 101 Å². The van der Waals surface area contributed by atoms with E-state index in [1.165, 1.54) is 56.3 Å². The molecule has 0 aliphatic carbocycles. The van der Waals surface area contributed by atoms with Gasteiger partial charge < -0.3 is 28.9 Å². The number of aromatic nitrogens is 1. The first-order chi connectivity index (χ1) is 15.3. The minimum Gasteiger partial charge on any atom is -1.00 e. The van der Waals surface area contributed by atoms with Crippen molar-refractivity contribution in [2.24, 2.45) is 7.05 Å². The van der Waals surface area contributed by atoms with Gasteiger partial charge >= 0.3 is 0 Å². The zero-order chi connectivity index (χ0) is 21.2. The highest BCUT2D eigenvalue weighted by atomic mass is 127. The molecule has 0 spiro atoms. The van der Waals surface area contributed by atoms with Gasteiger partial charge in [-0.2, -0.15) is 4.57 Å². The van der Waals surface area contributed by atoms with E-state index in [4.69, 9.17) is 0 Å². The second kappa shape index (κ2) is 10.0. The summed E-state index contributed by atoms with van der Waals surface area (Å²) >= 11 is 1.85. The van der Waals surface area contributed by atoms with E-state index in [2.05, 4.69) is 114 Å². The Labute approximate surface area is 211 Å². The number of nitrogens with zero attached hydrogens (tertiary/aromatic N) is 2. The molecule has 1 aliphatic rings. The smallest absolute Gasteiger partial charge is 0.263 e. The third-order valence-electron chi connectivity index (χ3n) is 5.92. The van der Waals surface area contributed by atoms with Crippen LogP contribution in [-0.4, -0.2) is 0 Å². The van der Waals surface area contributed by atoms with Crippen LogP contribution in [0, 0.1) is 0 Å². The molecule has 0 fully saturated rings. The van der Waals surface area contributed by atoms with E-state index in [-0.39, 0.29) is 24.0 Å². The number of anilines is 2. The van der Waals surface area contributed by atoms with E-state index in [0.29, 0.717) is 0 Å². The van der Waals surface area contributed by atoms with Crippen molar-refractivity contribution in [3.63, 3.8) is 0 Å². The molecule has 2 heterocycles. The van der Waals surface area contributed by atoms with Crippen LogP contribution < -0.4 is 33.4 Å². The fraction of sp³-hybridized carbons (Fsp3) is 0.179. The van der Waals surface area contributed by atoms with Crippen LogP contribution in [0.5, 0.6) is 0 Å². The first kappa shape index (κ1) is 22.7. The summed E-state index contributed by atoms with van der Waals surface area (Å²) < 4.78 is 3.63. The van der Waals surface area contributed by atoms with E-state index in [1.54, 1.807) is 0 Å². The molecule has 1 aromatic heterocycles. The molecule has 5 rings (SSSR count). The Balaban J connectivity index is 0.00000245. The molecule has 4 heteroatoms. The molecule has 0 radical (unpaired) electrons. The maximum absolute atomic E-state index is 2.44. The average Bonchev–Trinajstić information content (AvgIpc) is 3.13. The van der Waals surface area contributed by atoms with Crippen molar-refractivity contribution in [2.75, 3.05) is 4.90 Å². The molecule has 0 unspecified atom stereocenters. The lowest BCUT2D eigenvalue weighted by Gasteiger charge is -2.34. The third-order valence-corrected chi connectivity index (χ3v) is 7.08. The van der Waals surface area contributed by atoms with Gasteiger partial charge in [0.05, 0.1) is 5.69 Å². The van der Waals surface area contributed by atoms with Gasteiger partial charge in [0.15, 0.2) is 0 Å². The number of halogens is 1. The zero-order valence-corrected chi connectivity index (χ0v) is 21.4. The standard InChI is InChI=1S/C28H27N2S.HI/c1-3-4-12-23-19-21(20-28-29(2)26-17-10-11-18-27(26)31-28)24-15-8-9-16-25(24)30(23)22-13-6-5-7-14-22;/h5-11,13-20H,3-4,12H2,1-2H3;1H/q+1;/p-1. The summed E-state index contributed by atoms with van der Waals surface area (Å²) in [5.41, 5.74) is 7.70. The number of thiazole rings is 1. The van der Waals surface area contributed by atoms with E-state index >= 15 is 0 Å². The number of rotatable bonds is 5. The van der Waals surface area contributed by atoms with E-state index in [9.17, 15) is 0 Å². The van der Waals surface area contributed by atoms with Crippen LogP contribution in [-0.2, 0) is 7.05 Å². The first-order valence-corrected chi connectivity index (χ1v) is 11.8. The zero-order valence-electron chi connectivity index (χ0n) is 18.5. The molecule has 1 aliphatic heterocycles. The van der Waals surface area contributed by atoms with Gasteiger partial charge in [0.1, 0.15) is 11.7 Å². The van der Waals surface area contributed by atoms with Crippen molar-refractivity contribution in [1.82, 2.24) is 0 Å². The van der Waals surface area contributed by atoms with Gasteiger partial charge in [-0.05, 0) is 48.8 Å². The molecular weight excluding hydrogens is 523 g/mol. The predicted octanol–water partition coefficient (Wildman–Crippen LogP) is 4.50. The summed E-state index contributed by atoms with van der Waals surface area (Å²) in [6.45, 7) is 2.26. The topological polar surface area (TPSA) is 7.12 Å². The number of hydrogen-bond acceptors (Lipinski definition) is 2. The number of hydrogen-bond donors (Lipinski definition) is 0. The maximum Gasteiger partial charge on any atom is 0.263 e. The molecule has 0 saturated heterocycles. The van der Waals surface area contributed by atoms with Crippen molar-refractivity contribution >= 4 is 44.6 Å². The molecule has 32 heavy (non-hydrogen) atoms. The summed E-state index contributed by atoms with van der Waals surface area (Å²) in [6, 6.07) is 28.2. The minimum absolute atomic E-state index is 0. The number of fused-ring (bicyclic) bond motifs is 2. The van der Waals surface area contributed by atoms with Gasteiger partial charge in [-0.1, -0.05) is 73.2 Å². The Morgan fingerprint density at radius 1 is 0.906 bits per heavy atom. The SMILES string of the molecule is CCCCC1=C/C(=C/c2sc3ccccc3[n+]2C)c2ccccc2N1c1ccccc1.[I-]. The minimum atomic E-state index is 0. The summed E-state index contributed by atoms with van der Waals surface area (Å²) in [6.07, 6.45) is 8.19. The molecule has 0 N–H and O–H groups in total. The first-order valence-electron chi connectivity index (χ1n) is 11.0. The lowest BCUT2D eigenvalue weighted by atomic mass is 9.94. The van der Waals surface area contributed by atoms with E-state index in [1.807, 2.05) is 11.3 Å². The molecule has 4 aromatic rings. The second-order valence-corrected chi connectivity index (χ2v) is 9.06. The molecular formula is C28H27IN2S. The Hall–Kier alpha value is -2.44. The lowest BCUT2D eigenvalue weighted by Crippen LogP contribution is -3.00. The molecule has 0 saturated carbocycles. The molecule has 162 valence electrons. The largest absolute Gasteiger partial charge is 1.00 e. The Morgan fingerprint density at radius 2 is 1.62 bits per heavy atom. The Morgan fingerprint density at radius 3 is 2.41 bits per heavy atom. The highest BCUT2D eigenvalue weighted by molar-refractivity contribution is 7.18. The summed E-state index contributed by atoms with van der Waals surface area (Å²) in [7, 11) is 2.16. The number of unbranched alkanes of at least 4 members (excludes halogenated alkanes) is 1. The number of benzene rings is 3. The molecule has 0 amide bonds. The summed E-state index contributed by atoms with van der Waals surface area (Å²) in [5.74, 6) is 0. The fourth-order valence-electron chi connectivity index (χ4n) is 4.31. The number of aryl methyl sites for hydroxylation is 1. The number of para-hydroxylation sites is 3. The van der Waals surface area contributed by atoms with Crippen molar-refractivity contribution in [1.29, 1.82) is 0 Å². The summed E-state index contributed by atoms with van der Waals surface area (Å²) in [5, 5.41) is 1.27. The van der Waals surface area contributed by atoms with Crippen LogP contribution in [0.4, 0.5) is 11.4 Å². The Bertz CT molecular complexity index is 1290. The van der Waals surface area contributed by atoms with Crippen LogP contribution in [0.1, 0.15) is 36.8 Å². The molecule has 2 nitrogen and oxygen atoms in total. The van der Waals surface area contributed by atoms with Gasteiger partial charge in [-0.25, -0.2) is 0 Å². The lowest BCUT2D eigenvalue weighted by molar-refractivity contribution is -0.642. The highest BCUT2D eigenvalue weighted by Crippen LogP contribution is 2.43. The molecule has 3 aromatic carbocycles. The normalized spacial score (nSPS) is 14.2. The second-order valence-electron chi connectivity index (χ2n) is 7.99. The molecule has 0 bridgehead atoms. The maximum atomic E-state index is 2.44. The monoisotopic (exact) mass is 550 g/mol. The van der Waals surface area contributed by atoms with Crippen LogP contribution in [0.15, 0.2) is 90.6 Å². The Kier molecular flexibility index (Phi) is 7.11. The van der Waals surface area contributed by atoms with Crippen LogP contribution >= 0.6 is 11.3 Å². The average molecular weight is 551 g/mol. The fourth-order valence-corrected chi connectivity index (χ4v) is 5.41. The van der Waals surface area contributed by atoms with E-state index in [0.717, 1.165) is 6.42 Å². The highest BCUT2D eigenvalue weighted by Gasteiger charge is 2.25. The van der Waals surface area contributed by atoms with Gasteiger partial charge in [0, 0.05) is 29.1 Å². The van der Waals surface area contributed by atoms with Crippen molar-refractivity contribution in [2.45, 2.75) is 26.2 Å². The van der Waals surface area contributed by atoms with Crippen LogP contribution in [0.3, 0.4) is 0 Å². The predicted molar refractivity (Wildman–Crippen MR) is 134 cm³/mol. The quantitative estimate of drug-likeness (QED) is 0.262. The van der Waals surface area contributed by atoms with Gasteiger partial charge in [-0.3, -0.25) is 0 Å². The van der Waals surface area contributed by atoms with E-state index < -0.39 is 0 Å². The third kappa shape index (κ3) is 4.26. The van der Waals surface area contributed by atoms with Gasteiger partial charge in [0.2, 0.25) is 5.52 Å². The van der Waals surface area contributed by atoms with Crippen LogP contribution in [0.2, 0.25) is 0 Å². The number of allylic oxidation sites excluding steroid dienone is 3. The summed E-state index contributed by atoms with van der Waals surface area (Å²) in [4.78, 5) is 2.44. The van der Waals surface area contributed by atoms with Crippen LogP contribution in [0.25, 0.3) is 21.9 Å². The molecule has 0 atom stereocenters.